The quantitative estimate of drug-likeness (QED) is 0.515. The molecule has 0 unspecified atom stereocenters. The van der Waals surface area contributed by atoms with Gasteiger partial charge in [-0.25, -0.2) is 0 Å². The Kier molecular flexibility index (Phi) is 4.52. The molecular weight excluding hydrogens is 346 g/mol. The van der Waals surface area contributed by atoms with Crippen molar-refractivity contribution >= 4 is 5.82 Å². The Hall–Kier alpha value is -3.68. The molecule has 8 nitrogen and oxygen atoms in total. The molecule has 0 aliphatic heterocycles. The van der Waals surface area contributed by atoms with Crippen LogP contribution < -0.4 is 9.64 Å². The van der Waals surface area contributed by atoms with E-state index in [1.807, 2.05) is 54.4 Å². The Labute approximate surface area is 155 Å². The van der Waals surface area contributed by atoms with Crippen molar-refractivity contribution in [3.63, 3.8) is 0 Å². The third kappa shape index (κ3) is 3.64. The average Bonchev–Trinajstić information content (AvgIpc) is 3.40. The zero-order valence-corrected chi connectivity index (χ0v) is 14.9. The molecule has 0 aliphatic carbocycles. The van der Waals surface area contributed by atoms with Gasteiger partial charge in [0, 0.05) is 12.6 Å². The van der Waals surface area contributed by atoms with Crippen LogP contribution in [0.4, 0.5) is 5.82 Å². The zero-order chi connectivity index (χ0) is 18.6. The van der Waals surface area contributed by atoms with Crippen molar-refractivity contribution < 1.29 is 13.7 Å². The Morgan fingerprint density at radius 3 is 2.56 bits per heavy atom. The van der Waals surface area contributed by atoms with E-state index in [1.165, 1.54) is 0 Å². The van der Waals surface area contributed by atoms with Crippen molar-refractivity contribution in [1.29, 1.82) is 0 Å². The Morgan fingerprint density at radius 2 is 1.89 bits per heavy atom. The van der Waals surface area contributed by atoms with E-state index in [1.54, 1.807) is 19.4 Å². The summed E-state index contributed by atoms with van der Waals surface area (Å²) in [5, 5.41) is 12.4. The van der Waals surface area contributed by atoms with Gasteiger partial charge in [0.2, 0.25) is 5.82 Å². The molecule has 27 heavy (non-hydrogen) atoms. The van der Waals surface area contributed by atoms with Gasteiger partial charge in [0.15, 0.2) is 11.5 Å². The Morgan fingerprint density at radius 1 is 1.04 bits per heavy atom. The summed E-state index contributed by atoms with van der Waals surface area (Å²) in [5.41, 5.74) is 1.34. The molecular formula is C19H17N5O3. The fraction of sp³-hybridized carbons (Fsp3) is 0.158. The van der Waals surface area contributed by atoms with Gasteiger partial charge in [-0.15, -0.1) is 10.2 Å². The molecule has 0 radical (unpaired) electrons. The van der Waals surface area contributed by atoms with Crippen LogP contribution in [0.1, 0.15) is 5.76 Å². The normalized spacial score (nSPS) is 10.7. The fourth-order valence-electron chi connectivity index (χ4n) is 2.55. The van der Waals surface area contributed by atoms with Gasteiger partial charge in [0.05, 0.1) is 19.9 Å². The van der Waals surface area contributed by atoms with Crippen LogP contribution in [0.5, 0.6) is 5.75 Å². The number of ether oxygens (including phenoxy) is 1. The van der Waals surface area contributed by atoms with E-state index in [0.717, 1.165) is 17.1 Å². The standard InChI is InChI=1S/C19H17N5O3/c1-24(12-15-4-3-11-26-15)17-10-9-16(21-22-17)19-20-18(23-27-19)13-5-7-14(25-2)8-6-13/h3-11H,12H2,1-2H3. The van der Waals surface area contributed by atoms with E-state index in [-0.39, 0.29) is 0 Å². The van der Waals surface area contributed by atoms with Crippen molar-refractivity contribution in [2.45, 2.75) is 6.54 Å². The maximum Gasteiger partial charge on any atom is 0.278 e. The van der Waals surface area contributed by atoms with Crippen LogP contribution in [0, 0.1) is 0 Å². The van der Waals surface area contributed by atoms with Crippen LogP contribution in [-0.2, 0) is 6.54 Å². The van der Waals surface area contributed by atoms with Crippen molar-refractivity contribution in [2.24, 2.45) is 0 Å². The molecule has 0 spiro atoms. The second-order valence-electron chi connectivity index (χ2n) is 5.86. The maximum absolute atomic E-state index is 5.35. The van der Waals surface area contributed by atoms with E-state index in [4.69, 9.17) is 13.7 Å². The molecule has 1 aromatic carbocycles. The van der Waals surface area contributed by atoms with Gasteiger partial charge >= 0.3 is 0 Å². The van der Waals surface area contributed by atoms with Crippen molar-refractivity contribution in [2.75, 3.05) is 19.1 Å². The predicted octanol–water partition coefficient (Wildman–Crippen LogP) is 3.43. The van der Waals surface area contributed by atoms with E-state index < -0.39 is 0 Å². The van der Waals surface area contributed by atoms with Crippen LogP contribution in [0.3, 0.4) is 0 Å². The van der Waals surface area contributed by atoms with Crippen molar-refractivity contribution in [3.8, 4) is 28.7 Å². The lowest BCUT2D eigenvalue weighted by atomic mass is 10.2. The number of hydrogen-bond acceptors (Lipinski definition) is 8. The first-order valence-electron chi connectivity index (χ1n) is 8.28. The summed E-state index contributed by atoms with van der Waals surface area (Å²) in [4.78, 5) is 6.33. The second kappa shape index (κ2) is 7.28. The van der Waals surface area contributed by atoms with E-state index in [2.05, 4.69) is 20.3 Å². The van der Waals surface area contributed by atoms with Crippen molar-refractivity contribution in [3.05, 3.63) is 60.6 Å². The highest BCUT2D eigenvalue weighted by Gasteiger charge is 2.13. The van der Waals surface area contributed by atoms with Crippen LogP contribution >= 0.6 is 0 Å². The highest BCUT2D eigenvalue weighted by molar-refractivity contribution is 5.59. The number of aromatic nitrogens is 4. The van der Waals surface area contributed by atoms with Crippen molar-refractivity contribution in [1.82, 2.24) is 20.3 Å². The highest BCUT2D eigenvalue weighted by atomic mass is 16.5. The lowest BCUT2D eigenvalue weighted by Crippen LogP contribution is -2.17. The summed E-state index contributed by atoms with van der Waals surface area (Å²) in [6, 6.07) is 14.8. The largest absolute Gasteiger partial charge is 0.497 e. The highest BCUT2D eigenvalue weighted by Crippen LogP contribution is 2.23. The number of nitrogens with zero attached hydrogens (tertiary/aromatic N) is 5. The molecule has 136 valence electrons. The molecule has 0 fully saturated rings. The van der Waals surface area contributed by atoms with Gasteiger partial charge in [-0.1, -0.05) is 5.16 Å². The monoisotopic (exact) mass is 363 g/mol. The van der Waals surface area contributed by atoms with Crippen LogP contribution in [0.15, 0.2) is 63.7 Å². The van der Waals surface area contributed by atoms with Gasteiger partial charge < -0.3 is 18.6 Å². The first-order chi connectivity index (χ1) is 13.2. The molecule has 0 saturated carbocycles. The van der Waals surface area contributed by atoms with E-state index in [9.17, 15) is 0 Å². The maximum atomic E-state index is 5.35. The molecule has 8 heteroatoms. The summed E-state index contributed by atoms with van der Waals surface area (Å²) in [6.45, 7) is 0.600. The van der Waals surface area contributed by atoms with Gasteiger partial charge in [-0.3, -0.25) is 0 Å². The SMILES string of the molecule is COc1ccc(-c2noc(-c3ccc(N(C)Cc4ccco4)nn3)n2)cc1. The van der Waals surface area contributed by atoms with Gasteiger partial charge in [-0.05, 0) is 48.5 Å². The van der Waals surface area contributed by atoms with Gasteiger partial charge in [0.25, 0.3) is 5.89 Å². The molecule has 3 aromatic heterocycles. The zero-order valence-electron chi connectivity index (χ0n) is 14.9. The average molecular weight is 363 g/mol. The molecule has 4 rings (SSSR count). The first-order valence-corrected chi connectivity index (χ1v) is 8.28. The number of hydrogen-bond donors (Lipinski definition) is 0. The summed E-state index contributed by atoms with van der Waals surface area (Å²) >= 11 is 0. The van der Waals surface area contributed by atoms with Crippen LogP contribution in [-0.4, -0.2) is 34.5 Å². The van der Waals surface area contributed by atoms with E-state index in [0.29, 0.717) is 29.8 Å². The molecule has 3 heterocycles. The number of methoxy groups -OCH3 is 1. The van der Waals surface area contributed by atoms with E-state index >= 15 is 0 Å². The van der Waals surface area contributed by atoms with Gasteiger partial charge in [0.1, 0.15) is 11.5 Å². The summed E-state index contributed by atoms with van der Waals surface area (Å²) < 4.78 is 15.8. The topological polar surface area (TPSA) is 90.3 Å². The number of rotatable bonds is 6. The first kappa shape index (κ1) is 16.8. The number of benzene rings is 1. The summed E-state index contributed by atoms with van der Waals surface area (Å²) in [7, 11) is 3.54. The molecule has 0 atom stereocenters. The fourth-order valence-corrected chi connectivity index (χ4v) is 2.55. The molecule has 0 bridgehead atoms. The summed E-state index contributed by atoms with van der Waals surface area (Å²) in [6.07, 6.45) is 1.65. The number of furan rings is 1. The molecule has 4 aromatic rings. The predicted molar refractivity (Wildman–Crippen MR) is 98.1 cm³/mol. The smallest absolute Gasteiger partial charge is 0.278 e. The second-order valence-corrected chi connectivity index (χ2v) is 5.86. The third-order valence-corrected chi connectivity index (χ3v) is 4.01. The number of anilines is 1. The Balaban J connectivity index is 1.49. The third-order valence-electron chi connectivity index (χ3n) is 4.01. The molecule has 0 N–H and O–H groups in total. The lowest BCUT2D eigenvalue weighted by molar-refractivity contribution is 0.414. The molecule has 0 aliphatic rings. The molecule has 0 saturated heterocycles. The summed E-state index contributed by atoms with van der Waals surface area (Å²) in [5.74, 6) is 3.12. The minimum Gasteiger partial charge on any atom is -0.497 e. The minimum absolute atomic E-state index is 0.313. The Bertz CT molecular complexity index is 995. The lowest BCUT2D eigenvalue weighted by Gasteiger charge is -2.15. The van der Waals surface area contributed by atoms with Crippen LogP contribution in [0.2, 0.25) is 0 Å². The van der Waals surface area contributed by atoms with Gasteiger partial charge in [-0.2, -0.15) is 4.98 Å². The minimum atomic E-state index is 0.313. The van der Waals surface area contributed by atoms with Crippen LogP contribution in [0.25, 0.3) is 23.0 Å². The molecule has 0 amide bonds.